The fourth-order valence-corrected chi connectivity index (χ4v) is 1.79. The fourth-order valence-electron chi connectivity index (χ4n) is 1.79. The van der Waals surface area contributed by atoms with Crippen LogP contribution in [-0.4, -0.2) is 9.78 Å². The molecule has 0 aliphatic rings. The van der Waals surface area contributed by atoms with Crippen LogP contribution in [0.15, 0.2) is 30.3 Å². The molecule has 0 aliphatic carbocycles. The first kappa shape index (κ1) is 11.9. The Morgan fingerprint density at radius 3 is 2.06 bits per heavy atom. The van der Waals surface area contributed by atoms with Crippen molar-refractivity contribution in [1.29, 1.82) is 0 Å². The smallest absolute Gasteiger partial charge is 0.0685 e. The minimum Gasteiger partial charge on any atom is -0.238 e. The summed E-state index contributed by atoms with van der Waals surface area (Å²) in [5.41, 5.74) is 4.81. The molecule has 2 aromatic rings. The first-order chi connectivity index (χ1) is 7.88. The highest BCUT2D eigenvalue weighted by atomic mass is 15.3. The van der Waals surface area contributed by atoms with Crippen LogP contribution in [0.3, 0.4) is 0 Å². The standard InChI is InChI=1S/C15H20N2/c1-11-6-8-13(9-7-11)17-12(2)10-14(16-17)15(3,4)5/h6-10H,1-5H3. The second-order valence-electron chi connectivity index (χ2n) is 5.67. The van der Waals surface area contributed by atoms with Crippen LogP contribution in [0.1, 0.15) is 37.7 Å². The summed E-state index contributed by atoms with van der Waals surface area (Å²) in [4.78, 5) is 0. The van der Waals surface area contributed by atoms with Gasteiger partial charge in [-0.1, -0.05) is 38.5 Å². The zero-order valence-electron chi connectivity index (χ0n) is 11.3. The predicted octanol–water partition coefficient (Wildman–Crippen LogP) is 3.79. The molecule has 0 fully saturated rings. The molecule has 0 aliphatic heterocycles. The van der Waals surface area contributed by atoms with Crippen LogP contribution < -0.4 is 0 Å². The molecule has 0 amide bonds. The van der Waals surface area contributed by atoms with Gasteiger partial charge in [0.15, 0.2) is 0 Å². The van der Waals surface area contributed by atoms with Gasteiger partial charge in [-0.25, -0.2) is 4.68 Å². The number of hydrogen-bond donors (Lipinski definition) is 0. The summed E-state index contributed by atoms with van der Waals surface area (Å²) < 4.78 is 2.01. The second kappa shape index (κ2) is 4.02. The number of nitrogens with zero attached hydrogens (tertiary/aromatic N) is 2. The number of aryl methyl sites for hydroxylation is 2. The molecule has 2 heteroatoms. The highest BCUT2D eigenvalue weighted by Crippen LogP contribution is 2.23. The van der Waals surface area contributed by atoms with Crippen molar-refractivity contribution in [3.8, 4) is 5.69 Å². The largest absolute Gasteiger partial charge is 0.238 e. The number of hydrogen-bond acceptors (Lipinski definition) is 1. The average molecular weight is 228 g/mol. The van der Waals surface area contributed by atoms with Gasteiger partial charge < -0.3 is 0 Å². The maximum Gasteiger partial charge on any atom is 0.0685 e. The highest BCUT2D eigenvalue weighted by Gasteiger charge is 2.18. The van der Waals surface area contributed by atoms with Crippen molar-refractivity contribution < 1.29 is 0 Å². The number of aromatic nitrogens is 2. The van der Waals surface area contributed by atoms with Gasteiger partial charge in [0.25, 0.3) is 0 Å². The quantitative estimate of drug-likeness (QED) is 0.726. The maximum absolute atomic E-state index is 4.70. The topological polar surface area (TPSA) is 17.8 Å². The predicted molar refractivity (Wildman–Crippen MR) is 71.7 cm³/mol. The molecule has 0 radical (unpaired) electrons. The lowest BCUT2D eigenvalue weighted by atomic mass is 9.92. The molecule has 1 aromatic heterocycles. The Labute approximate surface area is 103 Å². The minimum atomic E-state index is 0.0979. The Hall–Kier alpha value is -1.57. The number of rotatable bonds is 1. The van der Waals surface area contributed by atoms with Gasteiger partial charge in [0.05, 0.1) is 11.4 Å². The average Bonchev–Trinajstić information content (AvgIpc) is 2.61. The van der Waals surface area contributed by atoms with Crippen molar-refractivity contribution in [3.63, 3.8) is 0 Å². The van der Waals surface area contributed by atoms with E-state index in [2.05, 4.69) is 65.0 Å². The fraction of sp³-hybridized carbons (Fsp3) is 0.400. The van der Waals surface area contributed by atoms with Crippen LogP contribution in [0, 0.1) is 13.8 Å². The van der Waals surface area contributed by atoms with Crippen LogP contribution in [0.2, 0.25) is 0 Å². The van der Waals surface area contributed by atoms with Crippen LogP contribution in [0.4, 0.5) is 0 Å². The number of benzene rings is 1. The van der Waals surface area contributed by atoms with Crippen LogP contribution in [0.5, 0.6) is 0 Å². The van der Waals surface area contributed by atoms with Crippen LogP contribution in [-0.2, 0) is 5.41 Å². The van der Waals surface area contributed by atoms with Gasteiger partial charge in [-0.15, -0.1) is 0 Å². The molecule has 0 saturated carbocycles. The van der Waals surface area contributed by atoms with Gasteiger partial charge in [0.2, 0.25) is 0 Å². The molecular weight excluding hydrogens is 208 g/mol. The van der Waals surface area contributed by atoms with E-state index in [1.807, 2.05) is 4.68 Å². The SMILES string of the molecule is Cc1ccc(-n2nc(C(C)(C)C)cc2C)cc1. The summed E-state index contributed by atoms with van der Waals surface area (Å²) in [7, 11) is 0. The Kier molecular flexibility index (Phi) is 2.82. The van der Waals surface area contributed by atoms with Crippen molar-refractivity contribution in [1.82, 2.24) is 9.78 Å². The van der Waals surface area contributed by atoms with Gasteiger partial charge in [0.1, 0.15) is 0 Å². The van der Waals surface area contributed by atoms with E-state index >= 15 is 0 Å². The van der Waals surface area contributed by atoms with Gasteiger partial charge in [0, 0.05) is 11.1 Å². The van der Waals surface area contributed by atoms with E-state index in [0.717, 1.165) is 11.4 Å². The van der Waals surface area contributed by atoms with Crippen molar-refractivity contribution in [2.24, 2.45) is 0 Å². The third-order valence-corrected chi connectivity index (χ3v) is 2.93. The molecular formula is C15H20N2. The zero-order chi connectivity index (χ0) is 12.6. The Balaban J connectivity index is 2.46. The lowest BCUT2D eigenvalue weighted by Gasteiger charge is -2.14. The van der Waals surface area contributed by atoms with Crippen molar-refractivity contribution >= 4 is 0 Å². The molecule has 0 spiro atoms. The van der Waals surface area contributed by atoms with Crippen molar-refractivity contribution in [3.05, 3.63) is 47.3 Å². The van der Waals surface area contributed by atoms with E-state index in [1.54, 1.807) is 0 Å². The van der Waals surface area contributed by atoms with E-state index in [4.69, 9.17) is 5.10 Å². The molecule has 0 atom stereocenters. The Morgan fingerprint density at radius 1 is 1.00 bits per heavy atom. The van der Waals surface area contributed by atoms with Gasteiger partial charge in [-0.3, -0.25) is 0 Å². The zero-order valence-corrected chi connectivity index (χ0v) is 11.3. The Morgan fingerprint density at radius 2 is 1.59 bits per heavy atom. The molecule has 0 unspecified atom stereocenters. The third-order valence-electron chi connectivity index (χ3n) is 2.93. The summed E-state index contributed by atoms with van der Waals surface area (Å²) in [6.45, 7) is 10.8. The van der Waals surface area contributed by atoms with Gasteiger partial charge in [-0.2, -0.15) is 5.10 Å². The summed E-state index contributed by atoms with van der Waals surface area (Å²) in [6, 6.07) is 10.6. The summed E-state index contributed by atoms with van der Waals surface area (Å²) >= 11 is 0. The second-order valence-corrected chi connectivity index (χ2v) is 5.67. The molecule has 1 aromatic carbocycles. The maximum atomic E-state index is 4.70. The normalized spacial score (nSPS) is 11.8. The van der Waals surface area contributed by atoms with Crippen LogP contribution >= 0.6 is 0 Å². The van der Waals surface area contributed by atoms with E-state index < -0.39 is 0 Å². The van der Waals surface area contributed by atoms with E-state index in [1.165, 1.54) is 11.3 Å². The first-order valence-electron chi connectivity index (χ1n) is 6.02. The van der Waals surface area contributed by atoms with Crippen molar-refractivity contribution in [2.75, 3.05) is 0 Å². The first-order valence-corrected chi connectivity index (χ1v) is 6.02. The van der Waals surface area contributed by atoms with E-state index in [9.17, 15) is 0 Å². The summed E-state index contributed by atoms with van der Waals surface area (Å²) in [6.07, 6.45) is 0. The molecule has 0 saturated heterocycles. The minimum absolute atomic E-state index is 0.0979. The molecule has 0 bridgehead atoms. The molecule has 0 N–H and O–H groups in total. The highest BCUT2D eigenvalue weighted by molar-refractivity contribution is 5.36. The molecule has 2 rings (SSSR count). The summed E-state index contributed by atoms with van der Waals surface area (Å²) in [5.74, 6) is 0. The monoisotopic (exact) mass is 228 g/mol. The van der Waals surface area contributed by atoms with Crippen LogP contribution in [0.25, 0.3) is 5.69 Å². The molecule has 1 heterocycles. The lowest BCUT2D eigenvalue weighted by Crippen LogP contribution is -2.12. The third kappa shape index (κ3) is 2.41. The molecule has 17 heavy (non-hydrogen) atoms. The van der Waals surface area contributed by atoms with Crippen molar-refractivity contribution in [2.45, 2.75) is 40.0 Å². The lowest BCUT2D eigenvalue weighted by molar-refractivity contribution is 0.560. The van der Waals surface area contributed by atoms with Gasteiger partial charge >= 0.3 is 0 Å². The van der Waals surface area contributed by atoms with E-state index in [0.29, 0.717) is 0 Å². The molecule has 90 valence electrons. The van der Waals surface area contributed by atoms with E-state index in [-0.39, 0.29) is 5.41 Å². The Bertz CT molecular complexity index is 513. The summed E-state index contributed by atoms with van der Waals surface area (Å²) in [5, 5.41) is 4.70. The molecule has 2 nitrogen and oxygen atoms in total. The van der Waals surface area contributed by atoms with Gasteiger partial charge in [-0.05, 0) is 32.0 Å².